The Morgan fingerprint density at radius 3 is 0.823 bits per heavy atom. The summed E-state index contributed by atoms with van der Waals surface area (Å²) in [5, 5.41) is 0. The van der Waals surface area contributed by atoms with Gasteiger partial charge in [0.05, 0.1) is 11.4 Å². The van der Waals surface area contributed by atoms with Crippen molar-refractivity contribution in [3.63, 3.8) is 0 Å². The van der Waals surface area contributed by atoms with Gasteiger partial charge in [-0.15, -0.1) is 0 Å². The maximum Gasteiger partial charge on any atom is 0.248 e. The molecule has 0 aromatic heterocycles. The Labute approximate surface area is 563 Å². The SMILES string of the molecule is CC1(C)C2=C(c3ccccc31)N(c1ccccc1)c1cc(N(c3ccccc3)c3ccccc3)cc3c1B2c1cc2c(cc1N3c1ccccc1)N(c1ccccc1)c1cc(N(c3ccccc3)c3ccccc3)cc3c1B2C1=C(c2ccccc2C1(C)C)N3c1ccccc1. The van der Waals surface area contributed by atoms with Gasteiger partial charge in [0.2, 0.25) is 13.4 Å². The van der Waals surface area contributed by atoms with Gasteiger partial charge in [-0.3, -0.25) is 0 Å². The Bertz CT molecular complexity index is 4910. The van der Waals surface area contributed by atoms with Crippen molar-refractivity contribution in [2.45, 2.75) is 38.5 Å². The zero-order valence-electron chi connectivity index (χ0n) is 54.0. The predicted octanol–water partition coefficient (Wildman–Crippen LogP) is 20.2. The molecule has 0 saturated heterocycles. The Hall–Kier alpha value is -11.7. The second kappa shape index (κ2) is 21.4. The fourth-order valence-electron chi connectivity index (χ4n) is 17.4. The van der Waals surface area contributed by atoms with Gasteiger partial charge >= 0.3 is 0 Å². The van der Waals surface area contributed by atoms with E-state index in [1.54, 1.807) is 0 Å². The lowest BCUT2D eigenvalue weighted by Gasteiger charge is -2.49. The highest BCUT2D eigenvalue weighted by Crippen LogP contribution is 2.60. The van der Waals surface area contributed by atoms with Gasteiger partial charge in [0, 0.05) is 113 Å². The summed E-state index contributed by atoms with van der Waals surface area (Å²) in [4.78, 5) is 15.4. The van der Waals surface area contributed by atoms with E-state index in [4.69, 9.17) is 0 Å². The van der Waals surface area contributed by atoms with Gasteiger partial charge in [0.15, 0.2) is 0 Å². The maximum atomic E-state index is 2.72. The fraction of sp³-hybridized carbons (Fsp3) is 0.0682. The molecule has 0 amide bonds. The monoisotopic (exact) mass is 1230 g/mol. The fourth-order valence-corrected chi connectivity index (χ4v) is 17.4. The third-order valence-corrected chi connectivity index (χ3v) is 21.3. The first kappa shape index (κ1) is 55.9. The molecular formula is C88H66B2N6. The molecule has 4 heterocycles. The predicted molar refractivity (Wildman–Crippen MR) is 405 cm³/mol. The molecule has 19 rings (SSSR count). The summed E-state index contributed by atoms with van der Waals surface area (Å²) in [6.07, 6.45) is 0. The van der Waals surface area contributed by atoms with E-state index >= 15 is 0 Å². The summed E-state index contributed by atoms with van der Waals surface area (Å²) < 4.78 is 0. The third-order valence-electron chi connectivity index (χ3n) is 21.3. The Morgan fingerprint density at radius 1 is 0.250 bits per heavy atom. The first-order valence-electron chi connectivity index (χ1n) is 33.7. The lowest BCUT2D eigenvalue weighted by atomic mass is 9.27. The minimum Gasteiger partial charge on any atom is -0.311 e. The van der Waals surface area contributed by atoms with Gasteiger partial charge in [0.25, 0.3) is 0 Å². The lowest BCUT2D eigenvalue weighted by molar-refractivity contribution is 0.666. The second-order valence-corrected chi connectivity index (χ2v) is 27.2. The highest BCUT2D eigenvalue weighted by molar-refractivity contribution is 6.99. The number of rotatable bonds is 10. The standard InChI is InChI=1S/C88H66B2N6/c1-87(2)71-51-31-29-49-69(71)83-85(87)89-73-57-74-76(58-75(73)93(63-41-21-9-22-42-63)77-53-67(55-79(81(77)89)95(83)65-45-25-11-26-46-65)91(59-33-13-5-14-34-59)60-35-15-6-16-36-60)94(64-43-23-10-24-44-64)78-54-68(92(61-37-17-7-18-38-61)62-39-19-8-20-40-62)56-80-82(78)90(74)86-84(96(80)66-47-27-12-28-48-66)70-50-30-32-52-72(70)88(86,3)4/h5-58H,1-4H3. The number of anilines is 16. The number of hydrogen-bond donors (Lipinski definition) is 0. The molecule has 454 valence electrons. The average molecular weight is 1230 g/mol. The molecule has 0 fully saturated rings. The van der Waals surface area contributed by atoms with E-state index in [-0.39, 0.29) is 13.4 Å². The molecule has 0 unspecified atom stereocenters. The smallest absolute Gasteiger partial charge is 0.248 e. The van der Waals surface area contributed by atoms with Crippen LogP contribution in [0, 0.1) is 0 Å². The van der Waals surface area contributed by atoms with Gasteiger partial charge < -0.3 is 29.4 Å². The van der Waals surface area contributed by atoms with Crippen LogP contribution in [0.2, 0.25) is 0 Å². The highest BCUT2D eigenvalue weighted by Gasteiger charge is 2.57. The van der Waals surface area contributed by atoms with Crippen LogP contribution in [0.4, 0.5) is 91.0 Å². The Balaban J connectivity index is 0.975. The zero-order valence-corrected chi connectivity index (χ0v) is 54.0. The topological polar surface area (TPSA) is 19.4 Å². The number of fused-ring (bicyclic) bond motifs is 10. The molecular weight excluding hydrogens is 1160 g/mol. The first-order chi connectivity index (χ1) is 47.2. The molecule has 4 aliphatic heterocycles. The van der Waals surface area contributed by atoms with Gasteiger partial charge in [-0.1, -0.05) is 239 Å². The molecule has 96 heavy (non-hydrogen) atoms. The number of allylic oxidation sites excluding steroid dienone is 2. The quantitative estimate of drug-likeness (QED) is 0.126. The molecule has 0 radical (unpaired) electrons. The summed E-state index contributed by atoms with van der Waals surface area (Å²) in [5.74, 6) is 0. The Kier molecular flexibility index (Phi) is 12.5. The van der Waals surface area contributed by atoms with Crippen molar-refractivity contribution in [1.82, 2.24) is 0 Å². The van der Waals surface area contributed by atoms with Crippen molar-refractivity contribution in [2.24, 2.45) is 0 Å². The maximum absolute atomic E-state index is 2.72. The molecule has 0 saturated carbocycles. The van der Waals surface area contributed by atoms with Crippen LogP contribution in [0.5, 0.6) is 0 Å². The number of hydrogen-bond acceptors (Lipinski definition) is 6. The van der Waals surface area contributed by atoms with E-state index in [1.165, 1.54) is 66.4 Å². The lowest BCUT2D eigenvalue weighted by Crippen LogP contribution is -2.61. The van der Waals surface area contributed by atoms with Crippen molar-refractivity contribution in [2.75, 3.05) is 29.4 Å². The molecule has 8 heteroatoms. The molecule has 0 atom stereocenters. The summed E-state index contributed by atoms with van der Waals surface area (Å²) in [6.45, 7) is 9.59. The number of nitrogens with zero attached hydrogens (tertiary/aromatic N) is 6. The van der Waals surface area contributed by atoms with E-state index in [1.807, 2.05) is 0 Å². The van der Waals surface area contributed by atoms with Crippen LogP contribution in [-0.4, -0.2) is 13.4 Å². The molecule has 2 aliphatic carbocycles. The summed E-state index contributed by atoms with van der Waals surface area (Å²) in [6, 6.07) is 122. The largest absolute Gasteiger partial charge is 0.311 e. The first-order valence-corrected chi connectivity index (χ1v) is 33.7. The second-order valence-electron chi connectivity index (χ2n) is 27.2. The van der Waals surface area contributed by atoms with Crippen molar-refractivity contribution in [3.05, 3.63) is 361 Å². The van der Waals surface area contributed by atoms with Crippen LogP contribution in [0.3, 0.4) is 0 Å². The number of para-hydroxylation sites is 8. The molecule has 13 aromatic rings. The van der Waals surface area contributed by atoms with Crippen molar-refractivity contribution >= 4 is 138 Å². The van der Waals surface area contributed by atoms with E-state index in [2.05, 4.69) is 385 Å². The van der Waals surface area contributed by atoms with Crippen molar-refractivity contribution < 1.29 is 0 Å². The molecule has 0 bridgehead atoms. The van der Waals surface area contributed by atoms with E-state index in [9.17, 15) is 0 Å². The molecule has 0 spiro atoms. The molecule has 13 aromatic carbocycles. The van der Waals surface area contributed by atoms with Crippen molar-refractivity contribution in [1.29, 1.82) is 0 Å². The molecule has 0 N–H and O–H groups in total. The minimum atomic E-state index is -0.402. The van der Waals surface area contributed by atoms with E-state index < -0.39 is 10.8 Å². The third kappa shape index (κ3) is 8.15. The van der Waals surface area contributed by atoms with Gasteiger partial charge in [-0.25, -0.2) is 0 Å². The summed E-state index contributed by atoms with van der Waals surface area (Å²) in [7, 11) is 0. The van der Waals surface area contributed by atoms with E-state index in [0.717, 1.165) is 91.0 Å². The number of benzene rings is 13. The van der Waals surface area contributed by atoms with Crippen LogP contribution in [0.25, 0.3) is 11.4 Å². The Morgan fingerprint density at radius 2 is 0.510 bits per heavy atom. The van der Waals surface area contributed by atoms with Gasteiger partial charge in [-0.05, 0) is 160 Å². The minimum absolute atomic E-state index is 0.186. The van der Waals surface area contributed by atoms with Gasteiger partial charge in [0.1, 0.15) is 0 Å². The highest BCUT2D eigenvalue weighted by atomic mass is 15.2. The van der Waals surface area contributed by atoms with Crippen LogP contribution >= 0.6 is 0 Å². The van der Waals surface area contributed by atoms with Crippen LogP contribution in [0.15, 0.2) is 339 Å². The van der Waals surface area contributed by atoms with Crippen LogP contribution in [0.1, 0.15) is 49.9 Å². The van der Waals surface area contributed by atoms with Gasteiger partial charge in [-0.2, -0.15) is 0 Å². The molecule has 6 nitrogen and oxygen atoms in total. The van der Waals surface area contributed by atoms with E-state index in [0.29, 0.717) is 0 Å². The van der Waals surface area contributed by atoms with Crippen molar-refractivity contribution in [3.8, 4) is 0 Å². The van der Waals surface area contributed by atoms with Crippen LogP contribution in [-0.2, 0) is 10.8 Å². The normalized spacial score (nSPS) is 15.2. The zero-order chi connectivity index (χ0) is 64.0. The van der Waals surface area contributed by atoms with Crippen LogP contribution < -0.4 is 51.3 Å². The summed E-state index contributed by atoms with van der Waals surface area (Å²) >= 11 is 0. The summed E-state index contributed by atoms with van der Waals surface area (Å²) in [5.41, 5.74) is 32.7. The average Bonchev–Trinajstić information content (AvgIpc) is 1.32. The molecule has 6 aliphatic rings.